The van der Waals surface area contributed by atoms with E-state index < -0.39 is 34.9 Å². The molecule has 0 atom stereocenters. The van der Waals surface area contributed by atoms with Gasteiger partial charge in [0.25, 0.3) is 0 Å². The lowest BCUT2D eigenvalue weighted by Crippen LogP contribution is -2.25. The van der Waals surface area contributed by atoms with E-state index in [4.69, 9.17) is 0 Å². The molecule has 0 unspecified atom stereocenters. The Morgan fingerprint density at radius 2 is 1.50 bits per heavy atom. The van der Waals surface area contributed by atoms with Crippen LogP contribution in [0.4, 0.5) is 22.0 Å². The van der Waals surface area contributed by atoms with Gasteiger partial charge in [0, 0.05) is 6.07 Å². The van der Waals surface area contributed by atoms with Crippen LogP contribution in [0.25, 0.3) is 0 Å². The first kappa shape index (κ1) is 14.3. The first-order valence-electron chi connectivity index (χ1n) is 5.59. The molecule has 2 aromatic rings. The Labute approximate surface area is 111 Å². The highest BCUT2D eigenvalue weighted by Gasteiger charge is 2.40. The van der Waals surface area contributed by atoms with Crippen LogP contribution in [0.1, 0.15) is 11.1 Å². The number of aryl methyl sites for hydroxylation is 1. The van der Waals surface area contributed by atoms with Crippen LogP contribution in [0.15, 0.2) is 36.4 Å². The summed E-state index contributed by atoms with van der Waals surface area (Å²) in [6, 6.07) is 5.36. The summed E-state index contributed by atoms with van der Waals surface area (Å²) in [6.07, 6.45) is -4.25. The maximum Gasteiger partial charge on any atom is 0.432 e. The highest BCUT2D eigenvalue weighted by molar-refractivity contribution is 5.30. The number of hydrogen-bond donors (Lipinski definition) is 0. The van der Waals surface area contributed by atoms with Crippen molar-refractivity contribution in [2.45, 2.75) is 13.0 Å². The van der Waals surface area contributed by atoms with Gasteiger partial charge in [-0.1, -0.05) is 12.1 Å². The zero-order chi connectivity index (χ0) is 14.9. The Morgan fingerprint density at radius 1 is 0.900 bits per heavy atom. The average molecular weight is 288 g/mol. The summed E-state index contributed by atoms with van der Waals surface area (Å²) in [5, 5.41) is 0. The molecule has 0 N–H and O–H groups in total. The van der Waals surface area contributed by atoms with E-state index in [0.29, 0.717) is 12.1 Å². The van der Waals surface area contributed by atoms with Gasteiger partial charge in [-0.15, -0.1) is 0 Å². The van der Waals surface area contributed by atoms with Gasteiger partial charge in [0.1, 0.15) is 28.8 Å². The summed E-state index contributed by atoms with van der Waals surface area (Å²) < 4.78 is 71.7. The van der Waals surface area contributed by atoms with Gasteiger partial charge in [-0.3, -0.25) is 0 Å². The van der Waals surface area contributed by atoms with Crippen LogP contribution in [0.3, 0.4) is 0 Å². The van der Waals surface area contributed by atoms with Gasteiger partial charge < -0.3 is 4.74 Å². The van der Waals surface area contributed by atoms with Crippen molar-refractivity contribution in [1.29, 1.82) is 0 Å². The van der Waals surface area contributed by atoms with Crippen LogP contribution in [-0.4, -0.2) is 0 Å². The fraction of sp³-hybridized carbons (Fsp3) is 0.143. The topological polar surface area (TPSA) is 9.23 Å². The molecule has 1 nitrogen and oxygen atoms in total. The van der Waals surface area contributed by atoms with E-state index in [1.54, 1.807) is 0 Å². The SMILES string of the molecule is Cc1ccc(OC(F)(F)c2c(F)cccc2F)cc1F. The summed E-state index contributed by atoms with van der Waals surface area (Å²) in [6.45, 7) is 1.44. The van der Waals surface area contributed by atoms with Crippen molar-refractivity contribution in [1.82, 2.24) is 0 Å². The second kappa shape index (κ2) is 5.11. The van der Waals surface area contributed by atoms with Crippen molar-refractivity contribution in [3.8, 4) is 5.75 Å². The van der Waals surface area contributed by atoms with E-state index in [0.717, 1.165) is 18.2 Å². The number of benzene rings is 2. The third kappa shape index (κ3) is 2.74. The summed E-state index contributed by atoms with van der Waals surface area (Å²) in [5.74, 6) is -4.17. The minimum absolute atomic E-state index is 0.234. The molecule has 0 bridgehead atoms. The molecular weight excluding hydrogens is 279 g/mol. The van der Waals surface area contributed by atoms with Crippen LogP contribution < -0.4 is 4.74 Å². The van der Waals surface area contributed by atoms with Gasteiger partial charge in [-0.05, 0) is 30.7 Å². The highest BCUT2D eigenvalue weighted by Crippen LogP contribution is 2.35. The second-order valence-electron chi connectivity index (χ2n) is 4.13. The van der Waals surface area contributed by atoms with Crippen LogP contribution in [0.2, 0.25) is 0 Å². The number of halogens is 5. The van der Waals surface area contributed by atoms with Gasteiger partial charge in [0.05, 0.1) is 0 Å². The maximum absolute atomic E-state index is 13.8. The van der Waals surface area contributed by atoms with E-state index in [-0.39, 0.29) is 5.56 Å². The van der Waals surface area contributed by atoms with E-state index in [1.807, 2.05) is 0 Å². The third-order valence-electron chi connectivity index (χ3n) is 2.64. The molecule has 0 saturated heterocycles. The molecule has 0 radical (unpaired) electrons. The molecule has 0 amide bonds. The summed E-state index contributed by atoms with van der Waals surface area (Å²) in [7, 11) is 0. The molecule has 0 heterocycles. The Kier molecular flexibility index (Phi) is 3.65. The molecule has 0 aliphatic rings. The molecule has 6 heteroatoms. The van der Waals surface area contributed by atoms with Crippen molar-refractivity contribution < 1.29 is 26.7 Å². The fourth-order valence-electron chi connectivity index (χ4n) is 1.61. The van der Waals surface area contributed by atoms with E-state index in [9.17, 15) is 22.0 Å². The van der Waals surface area contributed by atoms with Crippen molar-refractivity contribution in [3.05, 3.63) is 65.0 Å². The van der Waals surface area contributed by atoms with Crippen LogP contribution in [0, 0.1) is 24.4 Å². The Morgan fingerprint density at radius 3 is 2.05 bits per heavy atom. The number of hydrogen-bond acceptors (Lipinski definition) is 1. The Hall–Kier alpha value is -2.11. The van der Waals surface area contributed by atoms with E-state index >= 15 is 0 Å². The van der Waals surface area contributed by atoms with Crippen LogP contribution in [0.5, 0.6) is 5.75 Å². The monoisotopic (exact) mass is 288 g/mol. The molecule has 2 rings (SSSR count). The molecule has 0 aromatic heterocycles. The standard InChI is InChI=1S/C14H9F5O/c1-8-5-6-9(7-12(8)17)20-14(18,19)13-10(15)3-2-4-11(13)16/h2-7H,1H3. The predicted molar refractivity (Wildman–Crippen MR) is 62.0 cm³/mol. The van der Waals surface area contributed by atoms with Crippen molar-refractivity contribution in [2.24, 2.45) is 0 Å². The molecule has 0 aliphatic carbocycles. The number of alkyl halides is 2. The van der Waals surface area contributed by atoms with Gasteiger partial charge in [-0.2, -0.15) is 8.78 Å². The minimum Gasteiger partial charge on any atom is -0.429 e. The zero-order valence-corrected chi connectivity index (χ0v) is 10.3. The van der Waals surface area contributed by atoms with Crippen LogP contribution in [-0.2, 0) is 6.11 Å². The van der Waals surface area contributed by atoms with Gasteiger partial charge in [0.15, 0.2) is 0 Å². The molecule has 0 fully saturated rings. The molecule has 0 saturated carbocycles. The zero-order valence-electron chi connectivity index (χ0n) is 10.3. The predicted octanol–water partition coefficient (Wildman–Crippen LogP) is 4.54. The lowest BCUT2D eigenvalue weighted by Gasteiger charge is -2.19. The normalized spacial score (nSPS) is 11.5. The van der Waals surface area contributed by atoms with E-state index in [2.05, 4.69) is 4.74 Å². The molecule has 106 valence electrons. The van der Waals surface area contributed by atoms with Gasteiger partial charge >= 0.3 is 6.11 Å². The number of ether oxygens (including phenoxy) is 1. The van der Waals surface area contributed by atoms with Crippen LogP contribution >= 0.6 is 0 Å². The number of rotatable bonds is 3. The molecular formula is C14H9F5O. The fourth-order valence-corrected chi connectivity index (χ4v) is 1.61. The third-order valence-corrected chi connectivity index (χ3v) is 2.64. The van der Waals surface area contributed by atoms with Gasteiger partial charge in [-0.25, -0.2) is 13.2 Å². The van der Waals surface area contributed by atoms with Crippen molar-refractivity contribution >= 4 is 0 Å². The second-order valence-corrected chi connectivity index (χ2v) is 4.13. The smallest absolute Gasteiger partial charge is 0.429 e. The summed E-state index contributed by atoms with van der Waals surface area (Å²) in [4.78, 5) is 0. The Balaban J connectivity index is 2.37. The van der Waals surface area contributed by atoms with Gasteiger partial charge in [0.2, 0.25) is 0 Å². The van der Waals surface area contributed by atoms with E-state index in [1.165, 1.54) is 13.0 Å². The summed E-state index contributed by atoms with van der Waals surface area (Å²) >= 11 is 0. The highest BCUT2D eigenvalue weighted by atomic mass is 19.3. The molecule has 0 aliphatic heterocycles. The lowest BCUT2D eigenvalue weighted by atomic mass is 10.2. The van der Waals surface area contributed by atoms with Crippen molar-refractivity contribution in [3.63, 3.8) is 0 Å². The van der Waals surface area contributed by atoms with Crippen molar-refractivity contribution in [2.75, 3.05) is 0 Å². The Bertz CT molecular complexity index is 619. The minimum atomic E-state index is -4.25. The maximum atomic E-state index is 13.8. The molecule has 2 aromatic carbocycles. The summed E-state index contributed by atoms with van der Waals surface area (Å²) in [5.41, 5.74) is -1.28. The first-order chi connectivity index (χ1) is 9.31. The largest absolute Gasteiger partial charge is 0.432 e. The molecule has 0 spiro atoms. The quantitative estimate of drug-likeness (QED) is 0.753. The average Bonchev–Trinajstić information content (AvgIpc) is 2.33. The molecule has 20 heavy (non-hydrogen) atoms. The first-order valence-corrected chi connectivity index (χ1v) is 5.59. The lowest BCUT2D eigenvalue weighted by molar-refractivity contribution is -0.189.